The van der Waals surface area contributed by atoms with Crippen molar-refractivity contribution < 1.29 is 13.2 Å². The molecule has 1 atom stereocenters. The van der Waals surface area contributed by atoms with Gasteiger partial charge in [-0.3, -0.25) is 9.10 Å². The van der Waals surface area contributed by atoms with Crippen LogP contribution in [0.4, 0.5) is 11.4 Å². The molecule has 0 aliphatic heterocycles. The minimum Gasteiger partial charge on any atom is -0.324 e. The summed E-state index contributed by atoms with van der Waals surface area (Å²) in [7, 11) is -3.60. The number of nitrogens with one attached hydrogen (secondary N) is 1. The summed E-state index contributed by atoms with van der Waals surface area (Å²) in [4.78, 5) is 12.5. The highest BCUT2D eigenvalue weighted by molar-refractivity contribution is 9.10. The van der Waals surface area contributed by atoms with E-state index in [0.29, 0.717) is 11.4 Å². The molecule has 0 radical (unpaired) electrons. The van der Waals surface area contributed by atoms with Crippen LogP contribution < -0.4 is 9.62 Å². The van der Waals surface area contributed by atoms with Gasteiger partial charge in [0.15, 0.2) is 0 Å². The molecular weight excluding hydrogens is 380 g/mol. The molecule has 1 amide bonds. The predicted molar refractivity (Wildman–Crippen MR) is 96.0 cm³/mol. The minimum absolute atomic E-state index is 0.405. The molecular formula is C16H17BrN2O3S. The number of nitrogens with zero attached hydrogens (tertiary/aromatic N) is 1. The number of benzene rings is 2. The number of hydrogen-bond acceptors (Lipinski definition) is 3. The zero-order valence-corrected chi connectivity index (χ0v) is 15.1. The Morgan fingerprint density at radius 1 is 1.13 bits per heavy atom. The van der Waals surface area contributed by atoms with Gasteiger partial charge in [-0.15, -0.1) is 0 Å². The second-order valence-electron chi connectivity index (χ2n) is 5.07. The number of hydrogen-bond donors (Lipinski definition) is 1. The van der Waals surface area contributed by atoms with E-state index in [9.17, 15) is 13.2 Å². The van der Waals surface area contributed by atoms with Crippen LogP contribution >= 0.6 is 15.9 Å². The molecule has 0 saturated heterocycles. The fourth-order valence-electron chi connectivity index (χ4n) is 2.20. The number of halogens is 1. The summed E-state index contributed by atoms with van der Waals surface area (Å²) in [5.74, 6) is -0.405. The van der Waals surface area contributed by atoms with Gasteiger partial charge in [-0.1, -0.05) is 40.2 Å². The highest BCUT2D eigenvalue weighted by Gasteiger charge is 2.28. The van der Waals surface area contributed by atoms with E-state index in [0.717, 1.165) is 15.0 Å². The lowest BCUT2D eigenvalue weighted by atomic mass is 10.2. The topological polar surface area (TPSA) is 66.5 Å². The average Bonchev–Trinajstić information content (AvgIpc) is 2.47. The van der Waals surface area contributed by atoms with E-state index in [4.69, 9.17) is 0 Å². The highest BCUT2D eigenvalue weighted by atomic mass is 79.9. The quantitative estimate of drug-likeness (QED) is 0.843. The number of anilines is 2. The van der Waals surface area contributed by atoms with Crippen LogP contribution in [0.3, 0.4) is 0 Å². The van der Waals surface area contributed by atoms with Crippen molar-refractivity contribution in [1.29, 1.82) is 0 Å². The third-order valence-electron chi connectivity index (χ3n) is 3.19. The second kappa shape index (κ2) is 7.14. The molecule has 0 saturated carbocycles. The van der Waals surface area contributed by atoms with Crippen molar-refractivity contribution in [3.8, 4) is 0 Å². The molecule has 0 heterocycles. The third-order valence-corrected chi connectivity index (χ3v) is 4.93. The van der Waals surface area contributed by atoms with Crippen molar-refractivity contribution in [2.45, 2.75) is 13.0 Å². The molecule has 0 aliphatic carbocycles. The average molecular weight is 397 g/mol. The van der Waals surface area contributed by atoms with Gasteiger partial charge in [-0.25, -0.2) is 8.42 Å². The number of para-hydroxylation sites is 1. The summed E-state index contributed by atoms with van der Waals surface area (Å²) in [6, 6.07) is 14.8. The van der Waals surface area contributed by atoms with Crippen molar-refractivity contribution in [3.05, 3.63) is 59.1 Å². The molecule has 0 aliphatic rings. The van der Waals surface area contributed by atoms with Gasteiger partial charge >= 0.3 is 0 Å². The van der Waals surface area contributed by atoms with Crippen LogP contribution in [-0.4, -0.2) is 26.6 Å². The van der Waals surface area contributed by atoms with Crippen molar-refractivity contribution in [1.82, 2.24) is 0 Å². The Morgan fingerprint density at radius 2 is 1.78 bits per heavy atom. The maximum Gasteiger partial charge on any atom is 0.247 e. The number of carbonyl (C=O) groups is 1. The Kier molecular flexibility index (Phi) is 5.43. The predicted octanol–water partition coefficient (Wildman–Crippen LogP) is 3.24. The second-order valence-corrected chi connectivity index (χ2v) is 7.85. The fraction of sp³-hybridized carbons (Fsp3) is 0.188. The number of amides is 1. The van der Waals surface area contributed by atoms with Gasteiger partial charge in [-0.2, -0.15) is 0 Å². The lowest BCUT2D eigenvalue weighted by molar-refractivity contribution is -0.116. The zero-order valence-electron chi connectivity index (χ0n) is 12.7. The summed E-state index contributed by atoms with van der Waals surface area (Å²) < 4.78 is 26.2. The third kappa shape index (κ3) is 4.56. The summed E-state index contributed by atoms with van der Waals surface area (Å²) in [6.45, 7) is 1.56. The van der Waals surface area contributed by atoms with Gasteiger partial charge in [0, 0.05) is 10.2 Å². The SMILES string of the molecule is C[C@H](C(=O)Nc1cccc(Br)c1)N(c1ccccc1)S(C)(=O)=O. The van der Waals surface area contributed by atoms with Gasteiger partial charge in [0.1, 0.15) is 6.04 Å². The molecule has 0 aromatic heterocycles. The molecule has 2 aromatic carbocycles. The van der Waals surface area contributed by atoms with Crippen LogP contribution in [0.5, 0.6) is 0 Å². The number of carbonyl (C=O) groups excluding carboxylic acids is 1. The van der Waals surface area contributed by atoms with E-state index < -0.39 is 22.0 Å². The molecule has 0 fully saturated rings. The lowest BCUT2D eigenvalue weighted by Gasteiger charge is -2.28. The first-order chi connectivity index (χ1) is 10.8. The van der Waals surface area contributed by atoms with Gasteiger partial charge in [-0.05, 0) is 37.3 Å². The Morgan fingerprint density at radius 3 is 2.35 bits per heavy atom. The molecule has 122 valence electrons. The summed E-state index contributed by atoms with van der Waals surface area (Å²) in [5, 5.41) is 2.73. The molecule has 7 heteroatoms. The maximum atomic E-state index is 12.5. The van der Waals surface area contributed by atoms with E-state index in [1.165, 1.54) is 0 Å². The summed E-state index contributed by atoms with van der Waals surface area (Å²) >= 11 is 3.33. The molecule has 0 spiro atoms. The van der Waals surface area contributed by atoms with Gasteiger partial charge in [0.05, 0.1) is 11.9 Å². The van der Waals surface area contributed by atoms with Crippen molar-refractivity contribution in [3.63, 3.8) is 0 Å². The van der Waals surface area contributed by atoms with Crippen molar-refractivity contribution in [2.75, 3.05) is 15.9 Å². The zero-order chi connectivity index (χ0) is 17.0. The van der Waals surface area contributed by atoms with E-state index in [1.807, 2.05) is 6.07 Å². The first-order valence-corrected chi connectivity index (χ1v) is 9.54. The molecule has 0 unspecified atom stereocenters. The Hall–Kier alpha value is -1.86. The van der Waals surface area contributed by atoms with Gasteiger partial charge in [0.2, 0.25) is 15.9 Å². The van der Waals surface area contributed by atoms with Crippen molar-refractivity contribution >= 4 is 43.2 Å². The van der Waals surface area contributed by atoms with Crippen molar-refractivity contribution in [2.24, 2.45) is 0 Å². The number of rotatable bonds is 5. The molecule has 0 bridgehead atoms. The Bertz CT molecular complexity index is 794. The van der Waals surface area contributed by atoms with Crippen LogP contribution in [0.25, 0.3) is 0 Å². The van der Waals surface area contributed by atoms with Crippen LogP contribution in [-0.2, 0) is 14.8 Å². The lowest BCUT2D eigenvalue weighted by Crippen LogP contribution is -2.45. The molecule has 23 heavy (non-hydrogen) atoms. The fourth-order valence-corrected chi connectivity index (χ4v) is 3.77. The number of sulfonamides is 1. The summed E-state index contributed by atoms with van der Waals surface area (Å²) in [6.07, 6.45) is 1.09. The van der Waals surface area contributed by atoms with Gasteiger partial charge < -0.3 is 5.32 Å². The van der Waals surface area contributed by atoms with E-state index in [1.54, 1.807) is 55.5 Å². The Labute approximate surface area is 144 Å². The van der Waals surface area contributed by atoms with Gasteiger partial charge in [0.25, 0.3) is 0 Å². The van der Waals surface area contributed by atoms with Crippen LogP contribution in [0.15, 0.2) is 59.1 Å². The smallest absolute Gasteiger partial charge is 0.247 e. The maximum absolute atomic E-state index is 12.5. The molecule has 5 nitrogen and oxygen atoms in total. The molecule has 2 aromatic rings. The largest absolute Gasteiger partial charge is 0.324 e. The molecule has 2 rings (SSSR count). The van der Waals surface area contributed by atoms with Crippen LogP contribution in [0.2, 0.25) is 0 Å². The van der Waals surface area contributed by atoms with Crippen LogP contribution in [0.1, 0.15) is 6.92 Å². The minimum atomic E-state index is -3.60. The first-order valence-electron chi connectivity index (χ1n) is 6.90. The monoisotopic (exact) mass is 396 g/mol. The van der Waals surface area contributed by atoms with E-state index in [-0.39, 0.29) is 0 Å². The summed E-state index contributed by atoms with van der Waals surface area (Å²) in [5.41, 5.74) is 1.05. The van der Waals surface area contributed by atoms with Crippen LogP contribution in [0, 0.1) is 0 Å². The first kappa shape index (κ1) is 17.5. The standard InChI is InChI=1S/C16H17BrN2O3S/c1-12(16(20)18-14-8-6-7-13(17)11-14)19(23(2,21)22)15-9-4-3-5-10-15/h3-12H,1-2H3,(H,18,20)/t12-/m1/s1. The normalized spacial score (nSPS) is 12.5. The molecule has 1 N–H and O–H groups in total. The Balaban J connectivity index is 2.27. The van der Waals surface area contributed by atoms with E-state index in [2.05, 4.69) is 21.2 Å². The highest BCUT2D eigenvalue weighted by Crippen LogP contribution is 2.22. The van der Waals surface area contributed by atoms with E-state index >= 15 is 0 Å².